The van der Waals surface area contributed by atoms with E-state index in [1.54, 1.807) is 12.2 Å². The molecule has 1 spiro atoms. The molecule has 4 heteroatoms. The Labute approximate surface area is 97.9 Å². The van der Waals surface area contributed by atoms with E-state index in [0.717, 1.165) is 0 Å². The molecule has 0 aromatic rings. The second-order valence-corrected chi connectivity index (χ2v) is 4.33. The predicted octanol–water partition coefficient (Wildman–Crippen LogP) is 2.67. The molecule has 2 heterocycles. The average Bonchev–Trinajstić information content (AvgIpc) is 2.29. The normalized spacial score (nSPS) is 25.2. The molecule has 3 nitrogen and oxygen atoms in total. The van der Waals surface area contributed by atoms with Crippen molar-refractivity contribution in [2.75, 3.05) is 0 Å². The first-order valence-electron chi connectivity index (χ1n) is 5.51. The SMILES string of the molecule is O=C1CC2(C=COC=C2)OC2=C1CCC(F)=C2. The van der Waals surface area contributed by atoms with E-state index >= 15 is 0 Å². The van der Waals surface area contributed by atoms with Gasteiger partial charge in [0.1, 0.15) is 11.6 Å². The largest absolute Gasteiger partial charge is 0.478 e. The fraction of sp³-hybridized carbons (Fsp3) is 0.308. The lowest BCUT2D eigenvalue weighted by Gasteiger charge is -2.35. The van der Waals surface area contributed by atoms with Gasteiger partial charge in [-0.05, 0) is 18.6 Å². The minimum atomic E-state index is -0.803. The van der Waals surface area contributed by atoms with Gasteiger partial charge in [0.25, 0.3) is 0 Å². The molecule has 3 rings (SSSR count). The predicted molar refractivity (Wildman–Crippen MR) is 58.3 cm³/mol. The summed E-state index contributed by atoms with van der Waals surface area (Å²) in [5.74, 6) is 0.140. The zero-order chi connectivity index (χ0) is 11.9. The fourth-order valence-electron chi connectivity index (χ4n) is 2.23. The molecule has 0 bridgehead atoms. The van der Waals surface area contributed by atoms with Gasteiger partial charge in [0.05, 0.1) is 18.9 Å². The van der Waals surface area contributed by atoms with Crippen LogP contribution in [0.1, 0.15) is 19.3 Å². The lowest BCUT2D eigenvalue weighted by molar-refractivity contribution is -0.121. The number of carbonyl (C=O) groups is 1. The van der Waals surface area contributed by atoms with E-state index in [2.05, 4.69) is 0 Å². The van der Waals surface area contributed by atoms with E-state index < -0.39 is 5.60 Å². The number of ether oxygens (including phenoxy) is 2. The Kier molecular flexibility index (Phi) is 2.18. The molecule has 0 radical (unpaired) electrons. The first-order chi connectivity index (χ1) is 8.19. The summed E-state index contributed by atoms with van der Waals surface area (Å²) >= 11 is 0. The number of hydrogen-bond donors (Lipinski definition) is 0. The molecule has 0 aromatic carbocycles. The summed E-state index contributed by atoms with van der Waals surface area (Å²) < 4.78 is 23.9. The van der Waals surface area contributed by atoms with Crippen LogP contribution in [0.2, 0.25) is 0 Å². The molecule has 3 aliphatic rings. The van der Waals surface area contributed by atoms with Crippen molar-refractivity contribution in [1.29, 1.82) is 0 Å². The maximum atomic E-state index is 13.2. The first-order valence-corrected chi connectivity index (χ1v) is 5.51. The molecule has 88 valence electrons. The molecule has 0 aromatic heterocycles. The summed E-state index contributed by atoms with van der Waals surface area (Å²) in [5.41, 5.74) is -0.201. The number of carbonyl (C=O) groups excluding carboxylic acids is 1. The molecule has 0 unspecified atom stereocenters. The van der Waals surface area contributed by atoms with E-state index in [4.69, 9.17) is 9.47 Å². The Bertz CT molecular complexity index is 485. The van der Waals surface area contributed by atoms with Gasteiger partial charge in [-0.15, -0.1) is 0 Å². The van der Waals surface area contributed by atoms with Crippen LogP contribution in [0.5, 0.6) is 0 Å². The number of allylic oxidation sites excluding steroid dienone is 3. The standard InChI is InChI=1S/C13H11FO3/c14-9-1-2-10-11(15)8-13(17-12(10)7-9)3-5-16-6-4-13/h3-7H,1-2,8H2. The van der Waals surface area contributed by atoms with Crippen LogP contribution in [-0.2, 0) is 14.3 Å². The highest BCUT2D eigenvalue weighted by Crippen LogP contribution is 2.38. The molecule has 0 amide bonds. The quantitative estimate of drug-likeness (QED) is 0.646. The molecule has 1 aliphatic carbocycles. The maximum absolute atomic E-state index is 13.2. The van der Waals surface area contributed by atoms with E-state index in [0.29, 0.717) is 17.8 Å². The third-order valence-electron chi connectivity index (χ3n) is 3.13. The van der Waals surface area contributed by atoms with Gasteiger partial charge >= 0.3 is 0 Å². The lowest BCUT2D eigenvalue weighted by atomic mass is 9.86. The van der Waals surface area contributed by atoms with Crippen LogP contribution in [0.15, 0.2) is 47.9 Å². The second kappa shape index (κ2) is 3.58. The van der Waals surface area contributed by atoms with Gasteiger partial charge in [-0.2, -0.15) is 0 Å². The van der Waals surface area contributed by atoms with Crippen LogP contribution < -0.4 is 0 Å². The van der Waals surface area contributed by atoms with Crippen LogP contribution in [0.3, 0.4) is 0 Å². The summed E-state index contributed by atoms with van der Waals surface area (Å²) in [7, 11) is 0. The summed E-state index contributed by atoms with van der Waals surface area (Å²) in [4.78, 5) is 12.0. The first kappa shape index (κ1) is 10.3. The van der Waals surface area contributed by atoms with Crippen molar-refractivity contribution >= 4 is 5.78 Å². The van der Waals surface area contributed by atoms with Crippen LogP contribution >= 0.6 is 0 Å². The van der Waals surface area contributed by atoms with Crippen molar-refractivity contribution in [2.45, 2.75) is 24.9 Å². The molecule has 17 heavy (non-hydrogen) atoms. The summed E-state index contributed by atoms with van der Waals surface area (Å²) in [5, 5.41) is 0. The highest BCUT2D eigenvalue weighted by molar-refractivity contribution is 5.98. The molecule has 0 N–H and O–H groups in total. The highest BCUT2D eigenvalue weighted by Gasteiger charge is 2.39. The highest BCUT2D eigenvalue weighted by atomic mass is 19.1. The Morgan fingerprint density at radius 2 is 2.00 bits per heavy atom. The number of Topliss-reactive ketones (excluding diaryl/α,β-unsaturated/α-hetero) is 1. The van der Waals surface area contributed by atoms with Gasteiger partial charge in [-0.1, -0.05) is 0 Å². The van der Waals surface area contributed by atoms with E-state index in [1.165, 1.54) is 18.6 Å². The Hall–Kier alpha value is -1.84. The zero-order valence-corrected chi connectivity index (χ0v) is 9.11. The van der Waals surface area contributed by atoms with Gasteiger partial charge in [0.2, 0.25) is 0 Å². The molecular weight excluding hydrogens is 223 g/mol. The van der Waals surface area contributed by atoms with E-state index in [9.17, 15) is 9.18 Å². The van der Waals surface area contributed by atoms with Crippen molar-refractivity contribution in [3.8, 4) is 0 Å². The summed E-state index contributed by atoms with van der Waals surface area (Å²) in [6, 6.07) is 0. The summed E-state index contributed by atoms with van der Waals surface area (Å²) in [6.07, 6.45) is 8.58. The molecule has 0 saturated carbocycles. The number of halogens is 1. The van der Waals surface area contributed by atoms with Gasteiger partial charge in [0.15, 0.2) is 11.4 Å². The van der Waals surface area contributed by atoms with Crippen molar-refractivity contribution in [3.63, 3.8) is 0 Å². The maximum Gasteiger partial charge on any atom is 0.167 e. The Balaban J connectivity index is 2.00. The van der Waals surface area contributed by atoms with Crippen LogP contribution in [0.4, 0.5) is 4.39 Å². The van der Waals surface area contributed by atoms with E-state index in [-0.39, 0.29) is 24.5 Å². The topological polar surface area (TPSA) is 35.5 Å². The van der Waals surface area contributed by atoms with Crippen molar-refractivity contribution < 1.29 is 18.7 Å². The van der Waals surface area contributed by atoms with Crippen LogP contribution in [0, 0.1) is 0 Å². The minimum Gasteiger partial charge on any atom is -0.478 e. The van der Waals surface area contributed by atoms with Crippen LogP contribution in [-0.4, -0.2) is 11.4 Å². The van der Waals surface area contributed by atoms with Crippen molar-refractivity contribution in [3.05, 3.63) is 47.9 Å². The smallest absolute Gasteiger partial charge is 0.167 e. The molecule has 0 saturated heterocycles. The van der Waals surface area contributed by atoms with Crippen LogP contribution in [0.25, 0.3) is 0 Å². The van der Waals surface area contributed by atoms with Gasteiger partial charge in [0, 0.05) is 18.1 Å². The monoisotopic (exact) mass is 234 g/mol. The Morgan fingerprint density at radius 3 is 2.76 bits per heavy atom. The van der Waals surface area contributed by atoms with Crippen molar-refractivity contribution in [1.82, 2.24) is 0 Å². The molecule has 2 aliphatic heterocycles. The number of rotatable bonds is 0. The number of hydrogen-bond acceptors (Lipinski definition) is 3. The fourth-order valence-corrected chi connectivity index (χ4v) is 2.23. The molecular formula is C13H11FO3. The minimum absolute atomic E-state index is 0.0196. The van der Waals surface area contributed by atoms with Gasteiger partial charge in [-0.25, -0.2) is 4.39 Å². The second-order valence-electron chi connectivity index (χ2n) is 4.33. The third-order valence-corrected chi connectivity index (χ3v) is 3.13. The third kappa shape index (κ3) is 1.69. The number of ketones is 1. The van der Waals surface area contributed by atoms with Gasteiger partial charge in [-0.3, -0.25) is 4.79 Å². The lowest BCUT2D eigenvalue weighted by Crippen LogP contribution is -2.37. The summed E-state index contributed by atoms with van der Waals surface area (Å²) in [6.45, 7) is 0. The Morgan fingerprint density at radius 1 is 1.24 bits per heavy atom. The van der Waals surface area contributed by atoms with Gasteiger partial charge < -0.3 is 9.47 Å². The zero-order valence-electron chi connectivity index (χ0n) is 9.11. The van der Waals surface area contributed by atoms with Crippen molar-refractivity contribution in [2.24, 2.45) is 0 Å². The molecule has 0 atom stereocenters. The van der Waals surface area contributed by atoms with E-state index in [1.807, 2.05) is 0 Å². The average molecular weight is 234 g/mol. The molecule has 0 fully saturated rings.